The van der Waals surface area contributed by atoms with E-state index in [9.17, 15) is 8.78 Å². The van der Waals surface area contributed by atoms with Crippen molar-refractivity contribution in [3.05, 3.63) is 47.5 Å². The first-order chi connectivity index (χ1) is 9.60. The summed E-state index contributed by atoms with van der Waals surface area (Å²) in [7, 11) is 0. The van der Waals surface area contributed by atoms with Crippen LogP contribution >= 0.6 is 0 Å². The zero-order valence-electron chi connectivity index (χ0n) is 12.5. The molecular formula is C17H25F2N. The Labute approximate surface area is 121 Å². The van der Waals surface area contributed by atoms with Crippen LogP contribution in [0.25, 0.3) is 0 Å². The van der Waals surface area contributed by atoms with Crippen molar-refractivity contribution in [1.29, 1.82) is 0 Å². The maximum Gasteiger partial charge on any atom is 0.130 e. The van der Waals surface area contributed by atoms with Crippen LogP contribution < -0.4 is 5.32 Å². The fraction of sp³-hybridized carbons (Fsp3) is 0.529. The van der Waals surface area contributed by atoms with Gasteiger partial charge in [-0.1, -0.05) is 25.8 Å². The molecule has 112 valence electrons. The summed E-state index contributed by atoms with van der Waals surface area (Å²) >= 11 is 0. The van der Waals surface area contributed by atoms with Crippen molar-refractivity contribution in [3.63, 3.8) is 0 Å². The smallest absolute Gasteiger partial charge is 0.130 e. The molecule has 0 spiro atoms. The molecule has 0 aliphatic carbocycles. The van der Waals surface area contributed by atoms with Crippen LogP contribution in [-0.2, 0) is 0 Å². The van der Waals surface area contributed by atoms with Gasteiger partial charge < -0.3 is 5.32 Å². The molecule has 1 rings (SSSR count). The molecule has 0 bridgehead atoms. The van der Waals surface area contributed by atoms with Gasteiger partial charge in [0.05, 0.1) is 0 Å². The molecule has 0 saturated heterocycles. The minimum atomic E-state index is -0.479. The lowest BCUT2D eigenvalue weighted by Crippen LogP contribution is -2.22. The fourth-order valence-electron chi connectivity index (χ4n) is 2.37. The quantitative estimate of drug-likeness (QED) is 0.493. The summed E-state index contributed by atoms with van der Waals surface area (Å²) in [5, 5.41) is 3.29. The van der Waals surface area contributed by atoms with E-state index in [0.29, 0.717) is 11.1 Å². The SMILES string of the molecule is C=CCCCCCC(NCC)c1cc(C)c(F)cc1F. The number of nitrogens with one attached hydrogen (secondary N) is 1. The monoisotopic (exact) mass is 281 g/mol. The first-order valence-corrected chi connectivity index (χ1v) is 7.40. The molecule has 1 unspecified atom stereocenters. The number of hydrogen-bond acceptors (Lipinski definition) is 1. The van der Waals surface area contributed by atoms with Gasteiger partial charge in [0, 0.05) is 17.7 Å². The van der Waals surface area contributed by atoms with Crippen LogP contribution in [0.2, 0.25) is 0 Å². The van der Waals surface area contributed by atoms with E-state index in [0.717, 1.165) is 44.7 Å². The number of allylic oxidation sites excluding steroid dienone is 1. The number of halogens is 2. The van der Waals surface area contributed by atoms with E-state index in [1.807, 2.05) is 13.0 Å². The third-order valence-electron chi connectivity index (χ3n) is 3.50. The number of benzene rings is 1. The Hall–Kier alpha value is -1.22. The second-order valence-electron chi connectivity index (χ2n) is 5.16. The van der Waals surface area contributed by atoms with Crippen LogP contribution in [0.1, 0.15) is 56.2 Å². The molecule has 0 amide bonds. The summed E-state index contributed by atoms with van der Waals surface area (Å²) in [5.41, 5.74) is 1.07. The zero-order chi connectivity index (χ0) is 15.0. The zero-order valence-corrected chi connectivity index (χ0v) is 12.5. The lowest BCUT2D eigenvalue weighted by atomic mass is 9.97. The van der Waals surface area contributed by atoms with Crippen molar-refractivity contribution >= 4 is 0 Å². The predicted molar refractivity (Wildman–Crippen MR) is 80.8 cm³/mol. The maximum atomic E-state index is 13.9. The Bertz CT molecular complexity index is 429. The average Bonchev–Trinajstić information content (AvgIpc) is 2.41. The Morgan fingerprint density at radius 1 is 1.20 bits per heavy atom. The Kier molecular flexibility index (Phi) is 7.45. The first kappa shape index (κ1) is 16.8. The number of aryl methyl sites for hydroxylation is 1. The number of hydrogen-bond donors (Lipinski definition) is 1. The van der Waals surface area contributed by atoms with Gasteiger partial charge in [0.2, 0.25) is 0 Å². The molecule has 0 radical (unpaired) electrons. The molecule has 20 heavy (non-hydrogen) atoms. The molecule has 1 atom stereocenters. The van der Waals surface area contributed by atoms with Gasteiger partial charge in [0.1, 0.15) is 11.6 Å². The van der Waals surface area contributed by atoms with Crippen molar-refractivity contribution in [2.45, 2.75) is 52.0 Å². The lowest BCUT2D eigenvalue weighted by Gasteiger charge is -2.19. The Morgan fingerprint density at radius 3 is 2.60 bits per heavy atom. The van der Waals surface area contributed by atoms with Crippen LogP contribution in [0.5, 0.6) is 0 Å². The van der Waals surface area contributed by atoms with Gasteiger partial charge in [0.25, 0.3) is 0 Å². The van der Waals surface area contributed by atoms with Crippen molar-refractivity contribution in [3.8, 4) is 0 Å². The van der Waals surface area contributed by atoms with Gasteiger partial charge in [-0.3, -0.25) is 0 Å². The summed E-state index contributed by atoms with van der Waals surface area (Å²) < 4.78 is 27.3. The summed E-state index contributed by atoms with van der Waals surface area (Å²) in [5.74, 6) is -0.933. The van der Waals surface area contributed by atoms with Crippen molar-refractivity contribution < 1.29 is 8.78 Å². The van der Waals surface area contributed by atoms with E-state index in [2.05, 4.69) is 11.9 Å². The molecule has 0 aliphatic heterocycles. The van der Waals surface area contributed by atoms with Gasteiger partial charge in [-0.25, -0.2) is 8.78 Å². The highest BCUT2D eigenvalue weighted by Crippen LogP contribution is 2.25. The Balaban J connectivity index is 2.70. The molecule has 1 N–H and O–H groups in total. The second-order valence-corrected chi connectivity index (χ2v) is 5.16. The van der Waals surface area contributed by atoms with Crippen molar-refractivity contribution in [1.82, 2.24) is 5.32 Å². The summed E-state index contributed by atoms with van der Waals surface area (Å²) in [4.78, 5) is 0. The summed E-state index contributed by atoms with van der Waals surface area (Å²) in [6.07, 6.45) is 7.07. The summed E-state index contributed by atoms with van der Waals surface area (Å²) in [6, 6.07) is 2.58. The maximum absolute atomic E-state index is 13.9. The number of unbranched alkanes of at least 4 members (excludes halogenated alkanes) is 3. The molecular weight excluding hydrogens is 256 g/mol. The standard InChI is InChI=1S/C17H25F2N/c1-4-6-7-8-9-10-17(20-5-2)14-11-13(3)15(18)12-16(14)19/h4,11-12,17,20H,1,5-10H2,2-3H3. The van der Waals surface area contributed by atoms with E-state index in [4.69, 9.17) is 0 Å². The normalized spacial score (nSPS) is 12.4. The molecule has 0 heterocycles. The van der Waals surface area contributed by atoms with E-state index < -0.39 is 11.6 Å². The van der Waals surface area contributed by atoms with E-state index in [1.54, 1.807) is 13.0 Å². The van der Waals surface area contributed by atoms with E-state index in [1.165, 1.54) is 0 Å². The molecule has 1 nitrogen and oxygen atoms in total. The molecule has 0 fully saturated rings. The van der Waals surface area contributed by atoms with Gasteiger partial charge >= 0.3 is 0 Å². The molecule has 0 saturated carbocycles. The second kappa shape index (κ2) is 8.85. The summed E-state index contributed by atoms with van der Waals surface area (Å²) in [6.45, 7) is 8.14. The topological polar surface area (TPSA) is 12.0 Å². The molecule has 1 aromatic carbocycles. The molecule has 0 aliphatic rings. The van der Waals surface area contributed by atoms with Crippen LogP contribution in [0, 0.1) is 18.6 Å². The highest BCUT2D eigenvalue weighted by atomic mass is 19.1. The first-order valence-electron chi connectivity index (χ1n) is 7.40. The van der Waals surface area contributed by atoms with Gasteiger partial charge in [-0.05, 0) is 44.4 Å². The lowest BCUT2D eigenvalue weighted by molar-refractivity contribution is 0.458. The highest BCUT2D eigenvalue weighted by molar-refractivity contribution is 5.28. The molecule has 0 aromatic heterocycles. The van der Waals surface area contributed by atoms with Crippen LogP contribution in [0.15, 0.2) is 24.8 Å². The fourth-order valence-corrected chi connectivity index (χ4v) is 2.37. The van der Waals surface area contributed by atoms with E-state index >= 15 is 0 Å². The minimum absolute atomic E-state index is 0.0389. The molecule has 3 heteroatoms. The van der Waals surface area contributed by atoms with Crippen LogP contribution in [-0.4, -0.2) is 6.54 Å². The highest BCUT2D eigenvalue weighted by Gasteiger charge is 2.16. The van der Waals surface area contributed by atoms with Gasteiger partial charge in [0.15, 0.2) is 0 Å². The van der Waals surface area contributed by atoms with Crippen molar-refractivity contribution in [2.75, 3.05) is 6.54 Å². The van der Waals surface area contributed by atoms with E-state index in [-0.39, 0.29) is 6.04 Å². The largest absolute Gasteiger partial charge is 0.310 e. The third kappa shape index (κ3) is 5.04. The van der Waals surface area contributed by atoms with Gasteiger partial charge in [-0.2, -0.15) is 0 Å². The predicted octanol–water partition coefficient (Wildman–Crippen LogP) is 5.06. The van der Waals surface area contributed by atoms with Crippen LogP contribution in [0.3, 0.4) is 0 Å². The molecule has 1 aromatic rings. The average molecular weight is 281 g/mol. The van der Waals surface area contributed by atoms with Gasteiger partial charge in [-0.15, -0.1) is 6.58 Å². The van der Waals surface area contributed by atoms with Crippen LogP contribution in [0.4, 0.5) is 8.78 Å². The Morgan fingerprint density at radius 2 is 1.95 bits per heavy atom. The minimum Gasteiger partial charge on any atom is -0.310 e. The van der Waals surface area contributed by atoms with Crippen molar-refractivity contribution in [2.24, 2.45) is 0 Å². The third-order valence-corrected chi connectivity index (χ3v) is 3.50. The number of rotatable bonds is 9.